The molecule has 5 heteroatoms. The second-order valence-electron chi connectivity index (χ2n) is 4.12. The monoisotopic (exact) mass is 261 g/mol. The molecule has 0 radical (unpaired) electrons. The number of primary amides is 1. The van der Waals surface area contributed by atoms with Crippen molar-refractivity contribution in [2.45, 2.75) is 13.5 Å². The zero-order chi connectivity index (χ0) is 13.1. The van der Waals surface area contributed by atoms with E-state index >= 15 is 0 Å². The van der Waals surface area contributed by atoms with E-state index in [0.29, 0.717) is 11.4 Å². The van der Waals surface area contributed by atoms with Crippen molar-refractivity contribution in [1.82, 2.24) is 4.98 Å². The highest BCUT2D eigenvalue weighted by molar-refractivity contribution is 7.10. The molecule has 2 rings (SSSR count). The summed E-state index contributed by atoms with van der Waals surface area (Å²) in [6, 6.07) is 5.50. The van der Waals surface area contributed by atoms with Crippen molar-refractivity contribution in [3.8, 4) is 0 Å². The summed E-state index contributed by atoms with van der Waals surface area (Å²) in [5.74, 6) is 0.172. The van der Waals surface area contributed by atoms with Gasteiger partial charge in [0.15, 0.2) is 0 Å². The molecule has 0 saturated carbocycles. The fourth-order valence-corrected chi connectivity index (χ4v) is 2.71. The number of aryl methyl sites for hydroxylation is 1. The van der Waals surface area contributed by atoms with Crippen molar-refractivity contribution in [2.24, 2.45) is 5.73 Å². The minimum absolute atomic E-state index is 0.451. The first-order valence-corrected chi connectivity index (χ1v) is 6.46. The maximum absolute atomic E-state index is 11.4. The normalized spacial score (nSPS) is 10.3. The number of amides is 1. The van der Waals surface area contributed by atoms with Crippen molar-refractivity contribution in [2.75, 3.05) is 11.9 Å². The summed E-state index contributed by atoms with van der Waals surface area (Å²) in [5.41, 5.74) is 7.06. The summed E-state index contributed by atoms with van der Waals surface area (Å²) in [5, 5.41) is 2.06. The van der Waals surface area contributed by atoms with E-state index in [1.807, 2.05) is 11.9 Å². The third-order valence-electron chi connectivity index (χ3n) is 2.76. The second kappa shape index (κ2) is 5.18. The third-order valence-corrected chi connectivity index (χ3v) is 3.77. The van der Waals surface area contributed by atoms with Gasteiger partial charge in [-0.1, -0.05) is 0 Å². The average molecular weight is 261 g/mol. The summed E-state index contributed by atoms with van der Waals surface area (Å²) in [4.78, 5) is 18.8. The van der Waals surface area contributed by atoms with Gasteiger partial charge < -0.3 is 10.6 Å². The molecule has 0 aromatic carbocycles. The van der Waals surface area contributed by atoms with Crippen molar-refractivity contribution in [1.29, 1.82) is 0 Å². The van der Waals surface area contributed by atoms with Gasteiger partial charge in [-0.3, -0.25) is 4.79 Å². The lowest BCUT2D eigenvalue weighted by molar-refractivity contribution is 0.100. The van der Waals surface area contributed by atoms with Gasteiger partial charge in [-0.05, 0) is 36.1 Å². The van der Waals surface area contributed by atoms with Gasteiger partial charge in [-0.25, -0.2) is 4.98 Å². The van der Waals surface area contributed by atoms with Crippen molar-refractivity contribution >= 4 is 23.1 Å². The van der Waals surface area contributed by atoms with Gasteiger partial charge in [-0.15, -0.1) is 11.3 Å². The van der Waals surface area contributed by atoms with Crippen LogP contribution in [-0.4, -0.2) is 17.9 Å². The summed E-state index contributed by atoms with van der Waals surface area (Å²) >= 11 is 1.70. The lowest BCUT2D eigenvalue weighted by Crippen LogP contribution is -2.23. The Balaban J connectivity index is 2.26. The van der Waals surface area contributed by atoms with E-state index < -0.39 is 5.91 Å². The topological polar surface area (TPSA) is 59.2 Å². The van der Waals surface area contributed by atoms with E-state index in [-0.39, 0.29) is 0 Å². The van der Waals surface area contributed by atoms with Crippen LogP contribution in [0, 0.1) is 6.92 Å². The molecule has 1 amide bonds. The number of nitrogens with two attached hydrogens (primary N) is 1. The summed E-state index contributed by atoms with van der Waals surface area (Å²) in [6.07, 6.45) is 1.67. The highest BCUT2D eigenvalue weighted by Gasteiger charge is 2.14. The van der Waals surface area contributed by atoms with Crippen LogP contribution in [0.5, 0.6) is 0 Å². The maximum Gasteiger partial charge on any atom is 0.252 e. The number of carbonyl (C=O) groups is 1. The Morgan fingerprint density at radius 3 is 2.89 bits per heavy atom. The number of thiophene rings is 1. The number of rotatable bonds is 4. The number of anilines is 1. The van der Waals surface area contributed by atoms with Crippen LogP contribution in [0.1, 0.15) is 20.8 Å². The van der Waals surface area contributed by atoms with Crippen LogP contribution in [0.3, 0.4) is 0 Å². The van der Waals surface area contributed by atoms with Crippen LogP contribution in [-0.2, 0) is 6.54 Å². The highest BCUT2D eigenvalue weighted by Crippen LogP contribution is 2.22. The third kappa shape index (κ3) is 2.51. The molecule has 0 aliphatic carbocycles. The Morgan fingerprint density at radius 2 is 2.28 bits per heavy atom. The number of aromatic nitrogens is 1. The molecule has 0 unspecified atom stereocenters. The molecule has 0 saturated heterocycles. The summed E-state index contributed by atoms with van der Waals surface area (Å²) in [7, 11) is 1.91. The molecule has 2 heterocycles. The predicted octanol–water partition coefficient (Wildman–Crippen LogP) is 2.19. The van der Waals surface area contributed by atoms with Crippen LogP contribution in [0.4, 0.5) is 5.82 Å². The van der Waals surface area contributed by atoms with E-state index in [1.54, 1.807) is 29.7 Å². The molecule has 2 aromatic heterocycles. The van der Waals surface area contributed by atoms with Crippen LogP contribution in [0.15, 0.2) is 29.8 Å². The minimum Gasteiger partial charge on any atom is -0.365 e. The molecular weight excluding hydrogens is 246 g/mol. The number of hydrogen-bond acceptors (Lipinski definition) is 4. The lowest BCUT2D eigenvalue weighted by atomic mass is 10.2. The number of pyridine rings is 1. The Hall–Kier alpha value is -1.88. The first-order valence-electron chi connectivity index (χ1n) is 5.58. The van der Waals surface area contributed by atoms with E-state index in [0.717, 1.165) is 6.54 Å². The Kier molecular flexibility index (Phi) is 3.62. The molecule has 2 N–H and O–H groups in total. The van der Waals surface area contributed by atoms with Gasteiger partial charge in [0.05, 0.1) is 12.1 Å². The van der Waals surface area contributed by atoms with Gasteiger partial charge in [0.1, 0.15) is 5.82 Å². The zero-order valence-electron chi connectivity index (χ0n) is 10.4. The van der Waals surface area contributed by atoms with Crippen LogP contribution in [0.2, 0.25) is 0 Å². The lowest BCUT2D eigenvalue weighted by Gasteiger charge is -2.19. The molecule has 4 nitrogen and oxygen atoms in total. The molecule has 0 spiro atoms. The molecule has 18 heavy (non-hydrogen) atoms. The van der Waals surface area contributed by atoms with Crippen LogP contribution in [0.25, 0.3) is 0 Å². The predicted molar refractivity (Wildman–Crippen MR) is 73.9 cm³/mol. The van der Waals surface area contributed by atoms with Gasteiger partial charge in [0.25, 0.3) is 5.91 Å². The Bertz CT molecular complexity index is 565. The summed E-state index contributed by atoms with van der Waals surface area (Å²) in [6.45, 7) is 2.80. The van der Waals surface area contributed by atoms with Crippen LogP contribution >= 0.6 is 11.3 Å². The average Bonchev–Trinajstić information content (AvgIpc) is 2.75. The number of nitrogens with zero attached hydrogens (tertiary/aromatic N) is 2. The number of carbonyl (C=O) groups excluding carboxylic acids is 1. The van der Waals surface area contributed by atoms with Gasteiger partial charge in [0.2, 0.25) is 0 Å². The molecule has 0 aliphatic heterocycles. The molecular formula is C13H15N3OS. The SMILES string of the molecule is Cc1ccsc1CN(C)c1ncccc1C(N)=O. The van der Waals surface area contributed by atoms with Gasteiger partial charge in [0, 0.05) is 18.1 Å². The van der Waals surface area contributed by atoms with E-state index in [2.05, 4.69) is 23.4 Å². The van der Waals surface area contributed by atoms with E-state index in [1.165, 1.54) is 10.4 Å². The molecule has 0 atom stereocenters. The van der Waals surface area contributed by atoms with Gasteiger partial charge in [-0.2, -0.15) is 0 Å². The molecule has 0 bridgehead atoms. The highest BCUT2D eigenvalue weighted by atomic mass is 32.1. The standard InChI is InChI=1S/C13H15N3OS/c1-9-5-7-18-11(9)8-16(2)13-10(12(14)17)4-3-6-15-13/h3-7H,8H2,1-2H3,(H2,14,17). The first kappa shape index (κ1) is 12.6. The Morgan fingerprint density at radius 1 is 1.50 bits per heavy atom. The van der Waals surface area contributed by atoms with Gasteiger partial charge >= 0.3 is 0 Å². The number of hydrogen-bond donors (Lipinski definition) is 1. The zero-order valence-corrected chi connectivity index (χ0v) is 11.2. The van der Waals surface area contributed by atoms with Crippen LogP contribution < -0.4 is 10.6 Å². The molecule has 0 fully saturated rings. The van der Waals surface area contributed by atoms with E-state index in [9.17, 15) is 4.79 Å². The van der Waals surface area contributed by atoms with E-state index in [4.69, 9.17) is 5.73 Å². The fourth-order valence-electron chi connectivity index (χ4n) is 1.75. The molecule has 2 aromatic rings. The largest absolute Gasteiger partial charge is 0.365 e. The quantitative estimate of drug-likeness (QED) is 0.917. The molecule has 94 valence electrons. The van der Waals surface area contributed by atoms with Crippen molar-refractivity contribution in [3.63, 3.8) is 0 Å². The van der Waals surface area contributed by atoms with Crippen molar-refractivity contribution in [3.05, 3.63) is 45.8 Å². The second-order valence-corrected chi connectivity index (χ2v) is 5.12. The smallest absolute Gasteiger partial charge is 0.252 e. The summed E-state index contributed by atoms with van der Waals surface area (Å²) < 4.78 is 0. The van der Waals surface area contributed by atoms with Crippen molar-refractivity contribution < 1.29 is 4.79 Å². The fraction of sp³-hybridized carbons (Fsp3) is 0.231. The maximum atomic E-state index is 11.4. The Labute approximate surface area is 110 Å². The first-order chi connectivity index (χ1) is 8.59. The molecule has 0 aliphatic rings. The minimum atomic E-state index is -0.451.